The van der Waals surface area contributed by atoms with E-state index in [0.717, 1.165) is 25.7 Å². The predicted octanol–water partition coefficient (Wildman–Crippen LogP) is -0.558. The minimum Gasteiger partial charge on any atom is -0.748 e. The Hall–Kier alpha value is -0.290. The first-order chi connectivity index (χ1) is 15.8. The predicted molar refractivity (Wildman–Crippen MR) is 129 cm³/mol. The van der Waals surface area contributed by atoms with Crippen LogP contribution in [0, 0.1) is 0 Å². The van der Waals surface area contributed by atoms with Crippen molar-refractivity contribution in [2.75, 3.05) is 38.5 Å². The summed E-state index contributed by atoms with van der Waals surface area (Å²) in [7, 11) is -4.54. The molecule has 0 radical (unpaired) electrons. The number of aliphatic hydroxyl groups excluding tert-OH is 2. The summed E-state index contributed by atoms with van der Waals surface area (Å²) in [6.45, 7) is 3.25. The first-order valence-electron chi connectivity index (χ1n) is 12.6. The van der Waals surface area contributed by atoms with Crippen LogP contribution in [-0.4, -0.2) is 88.9 Å². The minimum absolute atomic E-state index is 0. The smallest absolute Gasteiger partial charge is 0.748 e. The molecule has 0 aromatic heterocycles. The van der Waals surface area contributed by atoms with E-state index in [0.29, 0.717) is 31.9 Å². The fraction of sp³-hybridized carbons (Fsp3) is 0.833. The summed E-state index contributed by atoms with van der Waals surface area (Å²) < 4.78 is 34.3. The van der Waals surface area contributed by atoms with Crippen molar-refractivity contribution in [3.8, 4) is 0 Å². The van der Waals surface area contributed by atoms with Gasteiger partial charge >= 0.3 is 35.4 Å². The molecule has 0 aliphatic carbocycles. The molecule has 0 spiro atoms. The number of nitrogens with zero attached hydrogens (tertiary/aromatic N) is 2. The van der Waals surface area contributed by atoms with Gasteiger partial charge in [-0.15, -0.1) is 0 Å². The van der Waals surface area contributed by atoms with E-state index in [2.05, 4.69) is 19.1 Å². The number of amidine groups is 1. The van der Waals surface area contributed by atoms with Crippen LogP contribution in [0.15, 0.2) is 12.2 Å². The topological polar surface area (TPSA) is 121 Å². The number of Topliss-reactive ketones (excluding diaryl/α,β-unsaturated/α-hetero) is 1. The number of rotatable bonds is 20. The summed E-state index contributed by atoms with van der Waals surface area (Å²) in [5, 5.41) is 19.2. The summed E-state index contributed by atoms with van der Waals surface area (Å²) in [5.41, 5.74) is 0. The van der Waals surface area contributed by atoms with Crippen molar-refractivity contribution < 1.29 is 62.1 Å². The van der Waals surface area contributed by atoms with E-state index >= 15 is 0 Å². The molecule has 0 saturated heterocycles. The van der Waals surface area contributed by atoms with Gasteiger partial charge in [0.1, 0.15) is 32.3 Å². The van der Waals surface area contributed by atoms with Gasteiger partial charge in [0.15, 0.2) is 0 Å². The summed E-state index contributed by atoms with van der Waals surface area (Å²) in [6, 6.07) is 0. The molecule has 1 aliphatic heterocycles. The maximum atomic E-state index is 12.8. The second kappa shape index (κ2) is 19.8. The van der Waals surface area contributed by atoms with Crippen LogP contribution >= 0.6 is 0 Å². The number of unbranched alkanes of at least 4 members (excludes halogenated alkanes) is 9. The summed E-state index contributed by atoms with van der Waals surface area (Å²) >= 11 is 0. The van der Waals surface area contributed by atoms with E-state index in [1.54, 1.807) is 9.48 Å². The van der Waals surface area contributed by atoms with Crippen molar-refractivity contribution in [1.82, 2.24) is 4.90 Å². The van der Waals surface area contributed by atoms with Crippen molar-refractivity contribution in [3.63, 3.8) is 0 Å². The first-order valence-corrected chi connectivity index (χ1v) is 14.1. The van der Waals surface area contributed by atoms with Crippen LogP contribution in [0.3, 0.4) is 0 Å². The van der Waals surface area contributed by atoms with Gasteiger partial charge in [0, 0.05) is 6.42 Å². The maximum Gasteiger partial charge on any atom is 1.00 e. The van der Waals surface area contributed by atoms with Gasteiger partial charge in [0.25, 0.3) is 0 Å². The Morgan fingerprint density at radius 1 is 1.09 bits per heavy atom. The van der Waals surface area contributed by atoms with Crippen LogP contribution < -0.4 is 29.6 Å². The van der Waals surface area contributed by atoms with Crippen LogP contribution in [0.1, 0.15) is 84.0 Å². The molecule has 1 rings (SSSR count). The fourth-order valence-corrected chi connectivity index (χ4v) is 4.82. The zero-order chi connectivity index (χ0) is 24.5. The molecule has 1 atom stereocenters. The monoisotopic (exact) mass is 511 g/mol. The average Bonchev–Trinajstić information content (AvgIpc) is 3.12. The van der Waals surface area contributed by atoms with Gasteiger partial charge in [-0.3, -0.25) is 14.3 Å². The molecule has 0 saturated carbocycles. The third kappa shape index (κ3) is 15.7. The fourth-order valence-electron chi connectivity index (χ4n) is 4.25. The molecule has 192 valence electrons. The van der Waals surface area contributed by atoms with Gasteiger partial charge < -0.3 is 14.8 Å². The van der Waals surface area contributed by atoms with Crippen LogP contribution in [0.2, 0.25) is 0 Å². The maximum absolute atomic E-state index is 12.8. The molecule has 10 heteroatoms. The first kappa shape index (κ1) is 33.7. The molecular weight excluding hydrogens is 467 g/mol. The number of hydrogen-bond acceptors (Lipinski definition) is 7. The summed E-state index contributed by atoms with van der Waals surface area (Å²) in [6.07, 6.45) is 16.2. The SMILES string of the molecule is CC/C=C/CCCCCCCCCCCC(=O)C1=[N+](CC(O)CS(=O)(=O)[O-])CCN1CCO.[Na+]. The van der Waals surface area contributed by atoms with Crippen LogP contribution in [-0.2, 0) is 14.9 Å². The average molecular weight is 512 g/mol. The van der Waals surface area contributed by atoms with Crippen molar-refractivity contribution >= 4 is 21.7 Å². The van der Waals surface area contributed by atoms with Crippen LogP contribution in [0.4, 0.5) is 0 Å². The molecule has 0 amide bonds. The molecular formula is C24H44N2NaO6S+. The third-order valence-electron chi connectivity index (χ3n) is 5.86. The zero-order valence-corrected chi connectivity index (χ0v) is 24.1. The number of β-amino-alcohol motifs (C(OH)–C–C–N with tert-alkyl or cyclic N) is 2. The Morgan fingerprint density at radius 3 is 2.24 bits per heavy atom. The zero-order valence-electron chi connectivity index (χ0n) is 21.3. The summed E-state index contributed by atoms with van der Waals surface area (Å²) in [5.74, 6) is -0.517. The van der Waals surface area contributed by atoms with E-state index < -0.39 is 22.0 Å². The van der Waals surface area contributed by atoms with Crippen LogP contribution in [0.25, 0.3) is 0 Å². The number of allylic oxidation sites excluding steroid dienone is 2. The van der Waals surface area contributed by atoms with Crippen LogP contribution in [0.5, 0.6) is 0 Å². The van der Waals surface area contributed by atoms with E-state index in [9.17, 15) is 28.0 Å². The molecule has 2 N–H and O–H groups in total. The Labute approximate surface area is 228 Å². The van der Waals surface area contributed by atoms with E-state index in [-0.39, 0.29) is 48.5 Å². The number of aliphatic hydroxyl groups is 2. The molecule has 34 heavy (non-hydrogen) atoms. The Kier molecular flexibility index (Phi) is 19.7. The third-order valence-corrected chi connectivity index (χ3v) is 6.66. The minimum atomic E-state index is -4.54. The van der Waals surface area contributed by atoms with Crippen molar-refractivity contribution in [3.05, 3.63) is 12.2 Å². The molecule has 0 fully saturated rings. The van der Waals surface area contributed by atoms with Gasteiger partial charge in [-0.25, -0.2) is 8.42 Å². The van der Waals surface area contributed by atoms with Crippen molar-refractivity contribution in [2.45, 2.75) is 90.1 Å². The van der Waals surface area contributed by atoms with Gasteiger partial charge in [-0.05, 0) is 25.7 Å². The largest absolute Gasteiger partial charge is 1.00 e. The van der Waals surface area contributed by atoms with E-state index in [1.807, 2.05) is 0 Å². The number of hydrogen-bond donors (Lipinski definition) is 2. The standard InChI is InChI=1S/C24H44N2O6S.Na/c1-2-3-4-5-6-7-8-9-10-11-12-13-14-15-23(29)24-25(18-19-27)16-17-26(24)20-22(28)21-33(30,31)32;/h3-4,22,27-28H,2,5-21H2,1H3;/q;+1/b4-3+;. The molecule has 0 aromatic carbocycles. The van der Waals surface area contributed by atoms with E-state index in [4.69, 9.17) is 0 Å². The Bertz CT molecular complexity index is 727. The van der Waals surface area contributed by atoms with E-state index in [1.165, 1.54) is 44.9 Å². The second-order valence-corrected chi connectivity index (χ2v) is 10.3. The number of ketones is 1. The van der Waals surface area contributed by atoms with Gasteiger partial charge in [-0.1, -0.05) is 64.0 Å². The number of carbonyl (C=O) groups is 1. The molecule has 1 aliphatic rings. The molecule has 0 bridgehead atoms. The number of carbonyl (C=O) groups excluding carboxylic acids is 1. The van der Waals surface area contributed by atoms with Gasteiger partial charge in [0.2, 0.25) is 5.78 Å². The Morgan fingerprint density at radius 2 is 1.68 bits per heavy atom. The van der Waals surface area contributed by atoms with Gasteiger partial charge in [-0.2, -0.15) is 0 Å². The molecule has 8 nitrogen and oxygen atoms in total. The summed E-state index contributed by atoms with van der Waals surface area (Å²) in [4.78, 5) is 14.6. The molecule has 0 aromatic rings. The van der Waals surface area contributed by atoms with Gasteiger partial charge in [0.05, 0.1) is 22.5 Å². The normalized spacial score (nSPS) is 15.2. The Balaban J connectivity index is 0.0000109. The second-order valence-electron chi connectivity index (χ2n) is 8.88. The molecule has 1 heterocycles. The van der Waals surface area contributed by atoms with Crippen molar-refractivity contribution in [1.29, 1.82) is 0 Å². The quantitative estimate of drug-likeness (QED) is 0.0739. The molecule has 1 unspecified atom stereocenters. The van der Waals surface area contributed by atoms with Crippen molar-refractivity contribution in [2.24, 2.45) is 0 Å².